The molecule has 146 valence electrons. The fourth-order valence-corrected chi connectivity index (χ4v) is 6.84. The Morgan fingerprint density at radius 3 is 2.63 bits per heavy atom. The lowest BCUT2D eigenvalue weighted by Gasteiger charge is -2.34. The van der Waals surface area contributed by atoms with E-state index in [-0.39, 0.29) is 27.8 Å². The maximum Gasteiger partial charge on any atom is 0.319 e. The Kier molecular flexibility index (Phi) is 6.65. The molecule has 2 aromatic rings. The number of carbonyl (C=O) groups is 1. The van der Waals surface area contributed by atoms with Crippen molar-refractivity contribution in [1.82, 2.24) is 9.62 Å². The lowest BCUT2D eigenvalue weighted by Crippen LogP contribution is -2.49. The van der Waals surface area contributed by atoms with Gasteiger partial charge in [0.25, 0.3) is 0 Å². The van der Waals surface area contributed by atoms with Gasteiger partial charge in [-0.05, 0) is 31.0 Å². The second kappa shape index (κ2) is 8.79. The summed E-state index contributed by atoms with van der Waals surface area (Å²) in [7, 11) is -3.77. The molecule has 1 aromatic carbocycles. The summed E-state index contributed by atoms with van der Waals surface area (Å²) in [5, 5.41) is 5.49. The second-order valence-corrected chi connectivity index (χ2v) is 10.3. The Labute approximate surface area is 172 Å². The van der Waals surface area contributed by atoms with Crippen molar-refractivity contribution in [3.05, 3.63) is 45.1 Å². The van der Waals surface area contributed by atoms with Crippen molar-refractivity contribution >= 4 is 56.3 Å². The van der Waals surface area contributed by atoms with Crippen LogP contribution in [0.1, 0.15) is 19.3 Å². The van der Waals surface area contributed by atoms with Crippen LogP contribution in [-0.2, 0) is 10.0 Å². The first-order valence-electron chi connectivity index (χ1n) is 8.44. The molecular formula is C17H19Cl2N3O3S2. The number of halogens is 2. The van der Waals surface area contributed by atoms with Crippen LogP contribution in [-0.4, -0.2) is 37.9 Å². The lowest BCUT2D eigenvalue weighted by atomic mass is 10.1. The first-order valence-corrected chi connectivity index (χ1v) is 11.5. The maximum atomic E-state index is 13.0. The van der Waals surface area contributed by atoms with Crippen LogP contribution in [0.5, 0.6) is 0 Å². The Hall–Kier alpha value is -1.32. The molecule has 2 heterocycles. The highest BCUT2D eigenvalue weighted by Crippen LogP contribution is 2.37. The minimum atomic E-state index is -3.77. The van der Waals surface area contributed by atoms with Gasteiger partial charge in [0.15, 0.2) is 0 Å². The van der Waals surface area contributed by atoms with Crippen molar-refractivity contribution < 1.29 is 13.2 Å². The zero-order valence-corrected chi connectivity index (χ0v) is 17.5. The Morgan fingerprint density at radius 1 is 1.22 bits per heavy atom. The lowest BCUT2D eigenvalue weighted by molar-refractivity contribution is 0.231. The van der Waals surface area contributed by atoms with Crippen LogP contribution in [0.25, 0.3) is 0 Å². The molecular weight excluding hydrogens is 429 g/mol. The van der Waals surface area contributed by atoms with E-state index in [0.29, 0.717) is 23.0 Å². The number of rotatable bonds is 5. The van der Waals surface area contributed by atoms with Crippen molar-refractivity contribution in [2.75, 3.05) is 18.4 Å². The van der Waals surface area contributed by atoms with E-state index in [4.69, 9.17) is 23.2 Å². The standard InChI is InChI=1S/C17H19Cl2N3O3S2/c18-15-10-14(16(19)26-15)27(24,25)22-9-5-4-8-13(22)11-20-17(23)21-12-6-2-1-3-7-12/h1-3,6-7,10,13H,4-5,8-9,11H2,(H2,20,21,23). The summed E-state index contributed by atoms with van der Waals surface area (Å²) in [6.45, 7) is 0.603. The number of amides is 2. The highest BCUT2D eigenvalue weighted by Gasteiger charge is 2.35. The van der Waals surface area contributed by atoms with Gasteiger partial charge in [-0.3, -0.25) is 0 Å². The number of hydrogen-bond donors (Lipinski definition) is 2. The van der Waals surface area contributed by atoms with E-state index in [1.165, 1.54) is 10.4 Å². The number of nitrogens with one attached hydrogen (secondary N) is 2. The number of piperidine rings is 1. The fraction of sp³-hybridized carbons (Fsp3) is 0.353. The van der Waals surface area contributed by atoms with E-state index in [1.807, 2.05) is 18.2 Å². The third-order valence-corrected chi connectivity index (χ3v) is 8.02. The van der Waals surface area contributed by atoms with Crippen molar-refractivity contribution in [3.8, 4) is 0 Å². The summed E-state index contributed by atoms with van der Waals surface area (Å²) in [6.07, 6.45) is 2.33. The Morgan fingerprint density at radius 2 is 1.96 bits per heavy atom. The minimum Gasteiger partial charge on any atom is -0.336 e. The van der Waals surface area contributed by atoms with Gasteiger partial charge in [0.1, 0.15) is 9.23 Å². The normalized spacial score (nSPS) is 18.2. The van der Waals surface area contributed by atoms with Crippen LogP contribution < -0.4 is 10.6 Å². The molecule has 1 atom stereocenters. The van der Waals surface area contributed by atoms with Gasteiger partial charge in [-0.1, -0.05) is 47.8 Å². The van der Waals surface area contributed by atoms with Gasteiger partial charge in [-0.15, -0.1) is 11.3 Å². The van der Waals surface area contributed by atoms with Gasteiger partial charge in [0.2, 0.25) is 10.0 Å². The van der Waals surface area contributed by atoms with Gasteiger partial charge in [-0.2, -0.15) is 4.31 Å². The SMILES string of the molecule is O=C(NCC1CCCCN1S(=O)(=O)c1cc(Cl)sc1Cl)Nc1ccccc1. The number of benzene rings is 1. The average Bonchev–Trinajstić information content (AvgIpc) is 3.00. The van der Waals surface area contributed by atoms with Crippen molar-refractivity contribution in [2.24, 2.45) is 0 Å². The van der Waals surface area contributed by atoms with Crippen LogP contribution in [0.2, 0.25) is 8.67 Å². The molecule has 6 nitrogen and oxygen atoms in total. The molecule has 10 heteroatoms. The summed E-state index contributed by atoms with van der Waals surface area (Å²) in [6, 6.07) is 9.72. The largest absolute Gasteiger partial charge is 0.336 e. The van der Waals surface area contributed by atoms with Crippen LogP contribution in [0, 0.1) is 0 Å². The van der Waals surface area contributed by atoms with E-state index in [9.17, 15) is 13.2 Å². The average molecular weight is 448 g/mol. The topological polar surface area (TPSA) is 78.5 Å². The summed E-state index contributed by atoms with van der Waals surface area (Å²) < 4.78 is 28.0. The molecule has 1 aliphatic heterocycles. The van der Waals surface area contributed by atoms with E-state index in [2.05, 4.69) is 10.6 Å². The molecule has 1 aliphatic rings. The summed E-state index contributed by atoms with van der Waals surface area (Å²) in [5.74, 6) is 0. The fourth-order valence-electron chi connectivity index (χ4n) is 3.03. The van der Waals surface area contributed by atoms with Gasteiger partial charge in [0, 0.05) is 24.8 Å². The monoisotopic (exact) mass is 447 g/mol. The molecule has 2 N–H and O–H groups in total. The third-order valence-electron chi connectivity index (χ3n) is 4.32. The van der Waals surface area contributed by atoms with Crippen molar-refractivity contribution in [1.29, 1.82) is 0 Å². The number of sulfonamides is 1. The van der Waals surface area contributed by atoms with Crippen LogP contribution in [0.4, 0.5) is 10.5 Å². The molecule has 3 rings (SSSR count). The molecule has 0 spiro atoms. The van der Waals surface area contributed by atoms with Crippen LogP contribution >= 0.6 is 34.5 Å². The van der Waals surface area contributed by atoms with E-state index < -0.39 is 10.0 Å². The first-order chi connectivity index (χ1) is 12.9. The number of para-hydroxylation sites is 1. The van der Waals surface area contributed by atoms with E-state index >= 15 is 0 Å². The maximum absolute atomic E-state index is 13.0. The summed E-state index contributed by atoms with van der Waals surface area (Å²) in [4.78, 5) is 12.1. The number of hydrogen-bond acceptors (Lipinski definition) is 4. The molecule has 1 aromatic heterocycles. The molecule has 2 amide bonds. The van der Waals surface area contributed by atoms with Crippen molar-refractivity contribution in [3.63, 3.8) is 0 Å². The number of anilines is 1. The van der Waals surface area contributed by atoms with Crippen molar-refractivity contribution in [2.45, 2.75) is 30.2 Å². The molecule has 1 fully saturated rings. The highest BCUT2D eigenvalue weighted by atomic mass is 35.5. The van der Waals surface area contributed by atoms with Crippen LogP contribution in [0.15, 0.2) is 41.3 Å². The first kappa shape index (κ1) is 20.4. The summed E-state index contributed by atoms with van der Waals surface area (Å²) in [5.41, 5.74) is 0.669. The zero-order chi connectivity index (χ0) is 19.4. The predicted octanol–water partition coefficient (Wildman–Crippen LogP) is 4.42. The third kappa shape index (κ3) is 4.94. The zero-order valence-electron chi connectivity index (χ0n) is 14.3. The number of nitrogens with zero attached hydrogens (tertiary/aromatic N) is 1. The molecule has 1 unspecified atom stereocenters. The molecule has 0 radical (unpaired) electrons. The molecule has 27 heavy (non-hydrogen) atoms. The number of thiophene rings is 1. The minimum absolute atomic E-state index is 0.0276. The van der Waals surface area contributed by atoms with Gasteiger partial charge in [-0.25, -0.2) is 13.2 Å². The smallest absolute Gasteiger partial charge is 0.319 e. The quantitative estimate of drug-likeness (QED) is 0.711. The van der Waals surface area contributed by atoms with Gasteiger partial charge in [0.05, 0.1) is 4.34 Å². The number of carbonyl (C=O) groups excluding carboxylic acids is 1. The van der Waals surface area contributed by atoms with Gasteiger partial charge >= 0.3 is 6.03 Å². The van der Waals surface area contributed by atoms with E-state index in [1.54, 1.807) is 12.1 Å². The predicted molar refractivity (Wildman–Crippen MR) is 109 cm³/mol. The molecule has 0 saturated carbocycles. The Balaban J connectivity index is 1.68. The summed E-state index contributed by atoms with van der Waals surface area (Å²) >= 11 is 13.0. The molecule has 0 bridgehead atoms. The van der Waals surface area contributed by atoms with Gasteiger partial charge < -0.3 is 10.6 Å². The van der Waals surface area contributed by atoms with E-state index in [0.717, 1.165) is 24.2 Å². The second-order valence-electron chi connectivity index (χ2n) is 6.15. The molecule has 0 aliphatic carbocycles. The Bertz CT molecular complexity index is 903. The number of urea groups is 1. The molecule has 1 saturated heterocycles. The highest BCUT2D eigenvalue weighted by molar-refractivity contribution is 7.89. The van der Waals surface area contributed by atoms with Crippen LogP contribution in [0.3, 0.4) is 0 Å².